The van der Waals surface area contributed by atoms with Gasteiger partial charge in [0.1, 0.15) is 11.6 Å². The first kappa shape index (κ1) is 13.6. The number of thioether (sulfide) groups is 1. The molecule has 100 valence electrons. The third-order valence-corrected chi connectivity index (χ3v) is 3.16. The molecule has 0 unspecified atom stereocenters. The van der Waals surface area contributed by atoms with E-state index in [-0.39, 0.29) is 5.03 Å². The van der Waals surface area contributed by atoms with Gasteiger partial charge in [0.15, 0.2) is 11.6 Å². The van der Waals surface area contributed by atoms with Gasteiger partial charge in [-0.05, 0) is 6.07 Å². The molecule has 0 aliphatic rings. The van der Waals surface area contributed by atoms with E-state index in [9.17, 15) is 9.18 Å². The smallest absolute Gasteiger partial charge is 0.345 e. The molecule has 2 aromatic rings. The molecule has 0 aliphatic heterocycles. The number of nitrogens with zero attached hydrogens (tertiary/aromatic N) is 3. The molecule has 2 heterocycles. The SMILES string of the molecule is COCc1nccc(CSc2[nH]c(=O)ncc2F)n1. The highest BCUT2D eigenvalue weighted by atomic mass is 32.2. The van der Waals surface area contributed by atoms with Gasteiger partial charge in [0.2, 0.25) is 0 Å². The van der Waals surface area contributed by atoms with Gasteiger partial charge in [-0.1, -0.05) is 11.8 Å². The van der Waals surface area contributed by atoms with Gasteiger partial charge in [-0.15, -0.1) is 0 Å². The predicted molar refractivity (Wildman–Crippen MR) is 67.1 cm³/mol. The van der Waals surface area contributed by atoms with Crippen LogP contribution >= 0.6 is 11.8 Å². The number of methoxy groups -OCH3 is 1. The third kappa shape index (κ3) is 3.83. The number of nitrogens with one attached hydrogen (secondary N) is 1. The Hall–Kier alpha value is -1.80. The van der Waals surface area contributed by atoms with Crippen LogP contribution in [0.25, 0.3) is 0 Å². The molecular weight excluding hydrogens is 271 g/mol. The van der Waals surface area contributed by atoms with Gasteiger partial charge in [-0.2, -0.15) is 4.98 Å². The number of hydrogen-bond acceptors (Lipinski definition) is 6. The number of H-pyrrole nitrogens is 1. The lowest BCUT2D eigenvalue weighted by molar-refractivity contribution is 0.177. The quantitative estimate of drug-likeness (QED) is 0.654. The average Bonchev–Trinajstić information content (AvgIpc) is 2.41. The fourth-order valence-corrected chi connectivity index (χ4v) is 2.14. The molecule has 2 rings (SSSR count). The molecule has 6 nitrogen and oxygen atoms in total. The van der Waals surface area contributed by atoms with Crippen molar-refractivity contribution in [2.24, 2.45) is 0 Å². The molecule has 0 saturated carbocycles. The van der Waals surface area contributed by atoms with E-state index >= 15 is 0 Å². The molecule has 0 spiro atoms. The fraction of sp³-hybridized carbons (Fsp3) is 0.273. The van der Waals surface area contributed by atoms with Gasteiger partial charge >= 0.3 is 5.69 Å². The molecule has 0 radical (unpaired) electrons. The summed E-state index contributed by atoms with van der Waals surface area (Å²) in [6, 6.07) is 1.73. The Morgan fingerprint density at radius 3 is 3.11 bits per heavy atom. The van der Waals surface area contributed by atoms with E-state index < -0.39 is 11.5 Å². The fourth-order valence-electron chi connectivity index (χ4n) is 1.33. The van der Waals surface area contributed by atoms with Crippen molar-refractivity contribution in [1.29, 1.82) is 0 Å². The highest BCUT2D eigenvalue weighted by Crippen LogP contribution is 2.20. The highest BCUT2D eigenvalue weighted by molar-refractivity contribution is 7.98. The molecule has 19 heavy (non-hydrogen) atoms. The molecular formula is C11H11FN4O2S. The van der Waals surface area contributed by atoms with E-state index in [1.54, 1.807) is 19.4 Å². The van der Waals surface area contributed by atoms with Gasteiger partial charge in [0.25, 0.3) is 0 Å². The van der Waals surface area contributed by atoms with Crippen LogP contribution in [0.2, 0.25) is 0 Å². The van der Waals surface area contributed by atoms with E-state index in [1.165, 1.54) is 0 Å². The lowest BCUT2D eigenvalue weighted by atomic mass is 10.4. The minimum absolute atomic E-state index is 0.145. The topological polar surface area (TPSA) is 80.8 Å². The maximum Gasteiger partial charge on any atom is 0.345 e. The summed E-state index contributed by atoms with van der Waals surface area (Å²) in [5.41, 5.74) is 0.149. The van der Waals surface area contributed by atoms with Crippen LogP contribution in [0.3, 0.4) is 0 Å². The van der Waals surface area contributed by atoms with Crippen LogP contribution < -0.4 is 5.69 Å². The van der Waals surface area contributed by atoms with E-state index in [0.717, 1.165) is 23.7 Å². The minimum atomic E-state index is -0.577. The maximum atomic E-state index is 13.4. The zero-order valence-corrected chi connectivity index (χ0v) is 10.9. The Balaban J connectivity index is 2.07. The Bertz CT molecular complexity index is 620. The predicted octanol–water partition coefficient (Wildman–Crippen LogP) is 1.14. The first-order valence-electron chi connectivity index (χ1n) is 5.36. The maximum absolute atomic E-state index is 13.4. The Kier molecular flexibility index (Phi) is 4.58. The third-order valence-electron chi connectivity index (χ3n) is 2.13. The Morgan fingerprint density at radius 1 is 1.47 bits per heavy atom. The number of hydrogen-bond donors (Lipinski definition) is 1. The van der Waals surface area contributed by atoms with Crippen LogP contribution in [-0.2, 0) is 17.1 Å². The summed E-state index contributed by atoms with van der Waals surface area (Å²) in [5, 5.41) is 0.145. The van der Waals surface area contributed by atoms with Crippen LogP contribution in [0.15, 0.2) is 28.3 Å². The number of halogens is 1. The number of aromatic amines is 1. The van der Waals surface area contributed by atoms with Crippen molar-refractivity contribution in [3.05, 3.63) is 46.3 Å². The summed E-state index contributed by atoms with van der Waals surface area (Å²) in [5.74, 6) is 0.413. The second-order valence-corrected chi connectivity index (χ2v) is 4.54. The minimum Gasteiger partial charge on any atom is -0.377 e. The summed E-state index contributed by atoms with van der Waals surface area (Å²) in [6.07, 6.45) is 2.51. The van der Waals surface area contributed by atoms with Crippen molar-refractivity contribution in [3.63, 3.8) is 0 Å². The van der Waals surface area contributed by atoms with E-state index in [0.29, 0.717) is 18.2 Å². The van der Waals surface area contributed by atoms with Gasteiger partial charge < -0.3 is 4.74 Å². The molecule has 0 aromatic carbocycles. The summed E-state index contributed by atoms with van der Waals surface area (Å²) >= 11 is 1.14. The number of aromatic nitrogens is 4. The van der Waals surface area contributed by atoms with E-state index in [1.807, 2.05) is 0 Å². The first-order chi connectivity index (χ1) is 9.19. The highest BCUT2D eigenvalue weighted by Gasteiger charge is 2.06. The molecule has 0 saturated heterocycles. The largest absolute Gasteiger partial charge is 0.377 e. The van der Waals surface area contributed by atoms with Crippen LogP contribution in [0, 0.1) is 5.82 Å². The van der Waals surface area contributed by atoms with Gasteiger partial charge in [-0.3, -0.25) is 4.98 Å². The second kappa shape index (κ2) is 6.39. The van der Waals surface area contributed by atoms with Crippen molar-refractivity contribution in [3.8, 4) is 0 Å². The monoisotopic (exact) mass is 282 g/mol. The van der Waals surface area contributed by atoms with E-state index in [2.05, 4.69) is 19.9 Å². The molecule has 0 bridgehead atoms. The summed E-state index contributed by atoms with van der Waals surface area (Å²) < 4.78 is 18.3. The molecule has 0 aliphatic carbocycles. The number of ether oxygens (including phenoxy) is 1. The average molecular weight is 282 g/mol. The first-order valence-corrected chi connectivity index (χ1v) is 6.35. The zero-order chi connectivity index (χ0) is 13.7. The van der Waals surface area contributed by atoms with Crippen molar-refractivity contribution in [2.45, 2.75) is 17.4 Å². The molecule has 8 heteroatoms. The summed E-state index contributed by atoms with van der Waals surface area (Å²) in [7, 11) is 1.56. The van der Waals surface area contributed by atoms with Crippen molar-refractivity contribution in [2.75, 3.05) is 7.11 Å². The van der Waals surface area contributed by atoms with Crippen LogP contribution in [0.4, 0.5) is 4.39 Å². The van der Waals surface area contributed by atoms with Crippen LogP contribution in [-0.4, -0.2) is 27.0 Å². The molecule has 0 fully saturated rings. The van der Waals surface area contributed by atoms with Crippen molar-refractivity contribution in [1.82, 2.24) is 19.9 Å². The second-order valence-electron chi connectivity index (χ2n) is 3.55. The normalized spacial score (nSPS) is 10.6. The molecule has 2 aromatic heterocycles. The standard InChI is InChI=1S/C11H11FN4O2S/c1-18-5-9-13-3-2-7(15-9)6-19-10-8(12)4-14-11(17)16-10/h2-4H,5-6H2,1H3,(H,14,16,17). The molecule has 1 N–H and O–H groups in total. The van der Waals surface area contributed by atoms with E-state index in [4.69, 9.17) is 4.74 Å². The molecule has 0 atom stereocenters. The number of rotatable bonds is 5. The zero-order valence-electron chi connectivity index (χ0n) is 10.1. The summed E-state index contributed by atoms with van der Waals surface area (Å²) in [6.45, 7) is 0.318. The molecule has 0 amide bonds. The van der Waals surface area contributed by atoms with Gasteiger partial charge in [0, 0.05) is 19.1 Å². The lowest BCUT2D eigenvalue weighted by Crippen LogP contribution is -2.11. The van der Waals surface area contributed by atoms with Crippen molar-refractivity contribution >= 4 is 11.8 Å². The Labute approximate surface area is 112 Å². The van der Waals surface area contributed by atoms with Gasteiger partial charge in [0.05, 0.1) is 11.9 Å². The Morgan fingerprint density at radius 2 is 2.32 bits per heavy atom. The van der Waals surface area contributed by atoms with Crippen molar-refractivity contribution < 1.29 is 9.13 Å². The van der Waals surface area contributed by atoms with Crippen LogP contribution in [0.1, 0.15) is 11.5 Å². The van der Waals surface area contributed by atoms with Gasteiger partial charge in [-0.25, -0.2) is 19.2 Å². The van der Waals surface area contributed by atoms with Crippen LogP contribution in [0.5, 0.6) is 0 Å². The summed E-state index contributed by atoms with van der Waals surface area (Å²) in [4.78, 5) is 24.9. The lowest BCUT2D eigenvalue weighted by Gasteiger charge is -2.03.